The summed E-state index contributed by atoms with van der Waals surface area (Å²) < 4.78 is 25.9. The van der Waals surface area contributed by atoms with Crippen LogP contribution in [0.25, 0.3) is 0 Å². The third-order valence-corrected chi connectivity index (χ3v) is 2.84. The lowest BCUT2D eigenvalue weighted by Crippen LogP contribution is -2.40. The van der Waals surface area contributed by atoms with Gasteiger partial charge in [0.2, 0.25) is 5.91 Å². The lowest BCUT2D eigenvalue weighted by molar-refractivity contribution is -0.122. The van der Waals surface area contributed by atoms with Crippen LogP contribution in [0, 0.1) is 11.6 Å². The number of amides is 1. The Morgan fingerprint density at radius 2 is 2.29 bits per heavy atom. The second-order valence-electron chi connectivity index (χ2n) is 4.10. The number of nitrogens with one attached hydrogen (secondary N) is 2. The standard InChI is InChI=1S/C12H14F2N2O/c13-9-4-3-8(10(14)6-9)7-16-12(17)11-2-1-5-15-11/h3-4,6,11,15H,1-2,5,7H2,(H,16,17). The monoisotopic (exact) mass is 240 g/mol. The maximum Gasteiger partial charge on any atom is 0.237 e. The van der Waals surface area contributed by atoms with E-state index in [0.717, 1.165) is 25.5 Å². The molecule has 2 rings (SSSR count). The van der Waals surface area contributed by atoms with Crippen LogP contribution in [0.1, 0.15) is 18.4 Å². The molecule has 0 bridgehead atoms. The average molecular weight is 240 g/mol. The van der Waals surface area contributed by atoms with Crippen LogP contribution in [0.15, 0.2) is 18.2 Å². The molecule has 0 spiro atoms. The number of benzene rings is 1. The molecule has 92 valence electrons. The van der Waals surface area contributed by atoms with E-state index in [-0.39, 0.29) is 24.1 Å². The van der Waals surface area contributed by atoms with Crippen molar-refractivity contribution in [1.82, 2.24) is 10.6 Å². The summed E-state index contributed by atoms with van der Waals surface area (Å²) in [4.78, 5) is 11.6. The van der Waals surface area contributed by atoms with Crippen LogP contribution in [0.4, 0.5) is 8.78 Å². The van der Waals surface area contributed by atoms with Crippen LogP contribution in [0.3, 0.4) is 0 Å². The molecule has 0 saturated carbocycles. The van der Waals surface area contributed by atoms with Gasteiger partial charge in [-0.05, 0) is 25.5 Å². The first-order valence-electron chi connectivity index (χ1n) is 5.62. The molecule has 1 unspecified atom stereocenters. The van der Waals surface area contributed by atoms with E-state index in [1.807, 2.05) is 0 Å². The molecular formula is C12H14F2N2O. The second kappa shape index (κ2) is 5.23. The highest BCUT2D eigenvalue weighted by Crippen LogP contribution is 2.10. The summed E-state index contributed by atoms with van der Waals surface area (Å²) in [6.45, 7) is 0.923. The van der Waals surface area contributed by atoms with Crippen molar-refractivity contribution in [2.24, 2.45) is 0 Å². The van der Waals surface area contributed by atoms with Crippen LogP contribution in [-0.4, -0.2) is 18.5 Å². The second-order valence-corrected chi connectivity index (χ2v) is 4.10. The molecule has 0 aliphatic carbocycles. The predicted molar refractivity (Wildman–Crippen MR) is 59.2 cm³/mol. The summed E-state index contributed by atoms with van der Waals surface area (Å²) >= 11 is 0. The van der Waals surface area contributed by atoms with Gasteiger partial charge in [0.25, 0.3) is 0 Å². The molecule has 1 fully saturated rings. The number of carbonyl (C=O) groups is 1. The lowest BCUT2D eigenvalue weighted by atomic mass is 10.2. The number of halogens is 2. The van der Waals surface area contributed by atoms with Gasteiger partial charge in [-0.25, -0.2) is 8.78 Å². The van der Waals surface area contributed by atoms with Crippen molar-refractivity contribution in [3.05, 3.63) is 35.4 Å². The fourth-order valence-corrected chi connectivity index (χ4v) is 1.88. The molecule has 1 saturated heterocycles. The smallest absolute Gasteiger partial charge is 0.237 e. The maximum absolute atomic E-state index is 13.3. The van der Waals surface area contributed by atoms with Crippen LogP contribution < -0.4 is 10.6 Å². The Bertz CT molecular complexity index is 417. The van der Waals surface area contributed by atoms with E-state index in [1.165, 1.54) is 12.1 Å². The minimum atomic E-state index is -0.635. The van der Waals surface area contributed by atoms with Crippen molar-refractivity contribution < 1.29 is 13.6 Å². The third kappa shape index (κ3) is 3.00. The maximum atomic E-state index is 13.3. The van der Waals surface area contributed by atoms with Crippen molar-refractivity contribution in [1.29, 1.82) is 0 Å². The average Bonchev–Trinajstić information content (AvgIpc) is 2.81. The molecule has 1 aromatic carbocycles. The fraction of sp³-hybridized carbons (Fsp3) is 0.417. The van der Waals surface area contributed by atoms with E-state index in [9.17, 15) is 13.6 Å². The molecule has 1 aromatic rings. The van der Waals surface area contributed by atoms with Gasteiger partial charge in [0.1, 0.15) is 11.6 Å². The first-order chi connectivity index (χ1) is 8.16. The summed E-state index contributed by atoms with van der Waals surface area (Å²) in [5.74, 6) is -1.38. The zero-order valence-corrected chi connectivity index (χ0v) is 9.30. The van der Waals surface area contributed by atoms with Crippen molar-refractivity contribution in [2.75, 3.05) is 6.54 Å². The van der Waals surface area contributed by atoms with E-state index >= 15 is 0 Å². The van der Waals surface area contributed by atoms with Crippen LogP contribution in [0.5, 0.6) is 0 Å². The zero-order valence-electron chi connectivity index (χ0n) is 9.30. The van der Waals surface area contributed by atoms with E-state index in [0.29, 0.717) is 0 Å². The molecule has 2 N–H and O–H groups in total. The Morgan fingerprint density at radius 1 is 1.47 bits per heavy atom. The van der Waals surface area contributed by atoms with Gasteiger partial charge in [-0.3, -0.25) is 4.79 Å². The SMILES string of the molecule is O=C(NCc1ccc(F)cc1F)C1CCCN1. The van der Waals surface area contributed by atoms with Gasteiger partial charge in [0, 0.05) is 18.2 Å². The Hall–Kier alpha value is -1.49. The minimum absolute atomic E-state index is 0.0864. The lowest BCUT2D eigenvalue weighted by Gasteiger charge is -2.11. The van der Waals surface area contributed by atoms with Crippen LogP contribution in [-0.2, 0) is 11.3 Å². The largest absolute Gasteiger partial charge is 0.351 e. The highest BCUT2D eigenvalue weighted by Gasteiger charge is 2.21. The molecule has 3 nitrogen and oxygen atoms in total. The Labute approximate surface area is 98.2 Å². The van der Waals surface area contributed by atoms with E-state index in [4.69, 9.17) is 0 Å². The fourth-order valence-electron chi connectivity index (χ4n) is 1.88. The van der Waals surface area contributed by atoms with Gasteiger partial charge < -0.3 is 10.6 Å². The quantitative estimate of drug-likeness (QED) is 0.837. The third-order valence-electron chi connectivity index (χ3n) is 2.84. The van der Waals surface area contributed by atoms with Crippen molar-refractivity contribution in [3.8, 4) is 0 Å². The van der Waals surface area contributed by atoms with Crippen LogP contribution >= 0.6 is 0 Å². The first kappa shape index (κ1) is 12.0. The zero-order chi connectivity index (χ0) is 12.3. The van der Waals surface area contributed by atoms with Crippen molar-refractivity contribution in [3.63, 3.8) is 0 Å². The van der Waals surface area contributed by atoms with Crippen molar-refractivity contribution >= 4 is 5.91 Å². The molecular weight excluding hydrogens is 226 g/mol. The van der Waals surface area contributed by atoms with Gasteiger partial charge >= 0.3 is 0 Å². The number of hydrogen-bond acceptors (Lipinski definition) is 2. The van der Waals surface area contributed by atoms with E-state index in [1.54, 1.807) is 0 Å². The highest BCUT2D eigenvalue weighted by atomic mass is 19.1. The normalized spacial score (nSPS) is 19.3. The van der Waals surface area contributed by atoms with Gasteiger partial charge in [-0.2, -0.15) is 0 Å². The summed E-state index contributed by atoms with van der Waals surface area (Å²) in [5.41, 5.74) is 0.290. The van der Waals surface area contributed by atoms with Gasteiger partial charge in [0.15, 0.2) is 0 Å². The summed E-state index contributed by atoms with van der Waals surface area (Å²) in [5, 5.41) is 5.69. The predicted octanol–water partition coefficient (Wildman–Crippen LogP) is 1.33. The number of hydrogen-bond donors (Lipinski definition) is 2. The Kier molecular flexibility index (Phi) is 3.68. The minimum Gasteiger partial charge on any atom is -0.351 e. The van der Waals surface area contributed by atoms with Gasteiger partial charge in [-0.1, -0.05) is 6.07 Å². The summed E-state index contributed by atoms with van der Waals surface area (Å²) in [6, 6.07) is 3.15. The summed E-state index contributed by atoms with van der Waals surface area (Å²) in [6.07, 6.45) is 1.78. The molecule has 1 atom stereocenters. The first-order valence-corrected chi connectivity index (χ1v) is 5.62. The molecule has 1 amide bonds. The van der Waals surface area contributed by atoms with Crippen LogP contribution in [0.2, 0.25) is 0 Å². The molecule has 5 heteroatoms. The van der Waals surface area contributed by atoms with E-state index in [2.05, 4.69) is 10.6 Å². The molecule has 17 heavy (non-hydrogen) atoms. The van der Waals surface area contributed by atoms with E-state index < -0.39 is 11.6 Å². The number of rotatable bonds is 3. The molecule has 0 radical (unpaired) electrons. The molecule has 1 aliphatic rings. The molecule has 0 aromatic heterocycles. The summed E-state index contributed by atoms with van der Waals surface area (Å²) in [7, 11) is 0. The Balaban J connectivity index is 1.90. The Morgan fingerprint density at radius 3 is 2.94 bits per heavy atom. The molecule has 1 aliphatic heterocycles. The molecule has 1 heterocycles. The highest BCUT2D eigenvalue weighted by molar-refractivity contribution is 5.81. The van der Waals surface area contributed by atoms with Gasteiger partial charge in [0.05, 0.1) is 6.04 Å². The van der Waals surface area contributed by atoms with Crippen molar-refractivity contribution in [2.45, 2.75) is 25.4 Å². The number of carbonyl (C=O) groups excluding carboxylic acids is 1. The topological polar surface area (TPSA) is 41.1 Å². The van der Waals surface area contributed by atoms with Gasteiger partial charge in [-0.15, -0.1) is 0 Å².